The van der Waals surface area contributed by atoms with Crippen molar-refractivity contribution in [1.29, 1.82) is 5.41 Å². The van der Waals surface area contributed by atoms with Gasteiger partial charge in [0.15, 0.2) is 0 Å². The highest BCUT2D eigenvalue weighted by atomic mass is 15.2. The highest BCUT2D eigenvalue weighted by Crippen LogP contribution is 2.31. The molecule has 42 heavy (non-hydrogen) atoms. The lowest BCUT2D eigenvalue weighted by Gasteiger charge is -2.32. The van der Waals surface area contributed by atoms with Gasteiger partial charge >= 0.3 is 0 Å². The lowest BCUT2D eigenvalue weighted by atomic mass is 9.96. The number of hydrogen-bond donors (Lipinski definition) is 2. The van der Waals surface area contributed by atoms with Crippen LogP contribution >= 0.6 is 0 Å². The molecule has 7 aromatic rings. The molecule has 3 N–H and O–H groups in total. The second-order valence-electron chi connectivity index (χ2n) is 10.9. The van der Waals surface area contributed by atoms with Crippen molar-refractivity contribution in [2.75, 3.05) is 0 Å². The fraction of sp³-hybridized carbons (Fsp3) is 0.0513. The molecule has 3 heteroatoms. The summed E-state index contributed by atoms with van der Waals surface area (Å²) in [6, 6.07) is 52.8. The Kier molecular flexibility index (Phi) is 6.71. The van der Waals surface area contributed by atoms with Gasteiger partial charge in [0.25, 0.3) is 0 Å². The van der Waals surface area contributed by atoms with Crippen LogP contribution in [0.5, 0.6) is 0 Å². The molecular weight excluding hydrogens is 510 g/mol. The zero-order chi connectivity index (χ0) is 28.5. The van der Waals surface area contributed by atoms with Crippen LogP contribution in [0.1, 0.15) is 22.9 Å². The summed E-state index contributed by atoms with van der Waals surface area (Å²) >= 11 is 0. The zero-order valence-corrected chi connectivity index (χ0v) is 23.2. The molecule has 3 nitrogen and oxygen atoms in total. The number of rotatable bonds is 6. The molecule has 0 radical (unpaired) electrons. The summed E-state index contributed by atoms with van der Waals surface area (Å²) in [4.78, 5) is 1.97. The third-order valence-corrected chi connectivity index (χ3v) is 8.11. The summed E-state index contributed by atoms with van der Waals surface area (Å²) in [5, 5.41) is 16.5. The summed E-state index contributed by atoms with van der Waals surface area (Å²) in [6.07, 6.45) is -0.443. The number of hydrogen-bond acceptors (Lipinski definition) is 2. The molecule has 0 fully saturated rings. The van der Waals surface area contributed by atoms with Crippen LogP contribution in [0, 0.1) is 5.41 Å². The van der Waals surface area contributed by atoms with Crippen molar-refractivity contribution in [1.82, 2.24) is 4.90 Å². The van der Waals surface area contributed by atoms with E-state index in [1.54, 1.807) is 0 Å². The minimum Gasteiger partial charge on any atom is -0.333 e. The molecule has 0 saturated carbocycles. The Morgan fingerprint density at radius 3 is 1.71 bits per heavy atom. The fourth-order valence-electron chi connectivity index (χ4n) is 5.78. The maximum absolute atomic E-state index is 9.25. The van der Waals surface area contributed by atoms with E-state index in [1.807, 2.05) is 59.5 Å². The van der Waals surface area contributed by atoms with Gasteiger partial charge in [-0.15, -0.1) is 0 Å². The summed E-state index contributed by atoms with van der Waals surface area (Å²) in [5.41, 5.74) is 12.1. The molecule has 1 atom stereocenters. The molecule has 7 rings (SSSR count). The second-order valence-corrected chi connectivity index (χ2v) is 10.9. The molecule has 0 spiro atoms. The lowest BCUT2D eigenvalue weighted by Crippen LogP contribution is -2.39. The Bertz CT molecular complexity index is 2050. The van der Waals surface area contributed by atoms with Crippen molar-refractivity contribution < 1.29 is 0 Å². The van der Waals surface area contributed by atoms with Gasteiger partial charge in [-0.05, 0) is 84.9 Å². The van der Waals surface area contributed by atoms with Gasteiger partial charge in [0.1, 0.15) is 12.0 Å². The Hall–Kier alpha value is -5.25. The van der Waals surface area contributed by atoms with Crippen molar-refractivity contribution in [3.05, 3.63) is 168 Å². The molecule has 0 amide bonds. The zero-order valence-electron chi connectivity index (χ0n) is 23.2. The topological polar surface area (TPSA) is 53.1 Å². The molecule has 7 aromatic carbocycles. The van der Waals surface area contributed by atoms with Crippen molar-refractivity contribution in [2.45, 2.75) is 12.7 Å². The van der Waals surface area contributed by atoms with Gasteiger partial charge in [-0.25, -0.2) is 0 Å². The molecule has 0 aromatic heterocycles. The molecule has 1 unspecified atom stereocenters. The number of benzene rings is 7. The summed E-state index contributed by atoms with van der Waals surface area (Å²) in [7, 11) is 0. The maximum Gasteiger partial charge on any atom is 0.129 e. The average Bonchev–Trinajstić information content (AvgIpc) is 3.05. The van der Waals surface area contributed by atoms with Gasteiger partial charge in [0.2, 0.25) is 0 Å². The van der Waals surface area contributed by atoms with Crippen LogP contribution in [0.2, 0.25) is 0 Å². The van der Waals surface area contributed by atoms with Gasteiger partial charge in [-0.3, -0.25) is 5.41 Å². The standard InChI is InChI=1S/C39H31N3/c40-38(28-11-5-2-6-12-28)42(26-27-9-3-1-4-10-27)39(41)36-20-19-32-22-31(15-16-33(32)23-36)34-17-18-35-21-29-13-7-8-14-30(29)24-37(35)25-34/h1-25,38,41H,26,40H2. The Morgan fingerprint density at radius 1 is 0.524 bits per heavy atom. The SMILES string of the molecule is N=C(c1ccc2cc(-c3ccc4cc5ccccc5cc4c3)ccc2c1)N(Cc1ccccc1)C(N)c1ccccc1. The van der Waals surface area contributed by atoms with E-state index in [9.17, 15) is 5.41 Å². The third kappa shape index (κ3) is 5.03. The Balaban J connectivity index is 1.21. The smallest absolute Gasteiger partial charge is 0.129 e. The van der Waals surface area contributed by atoms with E-state index in [4.69, 9.17) is 5.73 Å². The first-order valence-electron chi connectivity index (χ1n) is 14.3. The molecule has 0 bridgehead atoms. The summed E-state index contributed by atoms with van der Waals surface area (Å²) in [6.45, 7) is 0.546. The highest BCUT2D eigenvalue weighted by molar-refractivity contribution is 6.02. The van der Waals surface area contributed by atoms with Gasteiger partial charge in [-0.2, -0.15) is 0 Å². The minimum atomic E-state index is -0.443. The number of fused-ring (bicyclic) bond motifs is 3. The predicted octanol–water partition coefficient (Wildman–Crippen LogP) is 9.30. The molecule has 0 aliphatic heterocycles. The highest BCUT2D eigenvalue weighted by Gasteiger charge is 2.21. The molecule has 202 valence electrons. The number of amidine groups is 1. The van der Waals surface area contributed by atoms with E-state index in [0.717, 1.165) is 27.5 Å². The van der Waals surface area contributed by atoms with E-state index in [-0.39, 0.29) is 0 Å². The molecule has 0 aliphatic rings. The fourth-order valence-corrected chi connectivity index (χ4v) is 5.78. The normalized spacial score (nSPS) is 12.0. The summed E-state index contributed by atoms with van der Waals surface area (Å²) < 4.78 is 0. The van der Waals surface area contributed by atoms with E-state index in [0.29, 0.717) is 12.4 Å². The first kappa shape index (κ1) is 25.7. The molecule has 0 saturated heterocycles. The first-order chi connectivity index (χ1) is 20.6. The van der Waals surface area contributed by atoms with Crippen LogP contribution in [-0.4, -0.2) is 10.7 Å². The third-order valence-electron chi connectivity index (χ3n) is 8.11. The van der Waals surface area contributed by atoms with E-state index >= 15 is 0 Å². The lowest BCUT2D eigenvalue weighted by molar-refractivity contribution is 0.314. The molecule has 0 aliphatic carbocycles. The number of nitrogens with zero attached hydrogens (tertiary/aromatic N) is 1. The minimum absolute atomic E-state index is 0.405. The average molecular weight is 542 g/mol. The van der Waals surface area contributed by atoms with Crippen LogP contribution in [0.15, 0.2) is 152 Å². The van der Waals surface area contributed by atoms with Crippen LogP contribution in [0.25, 0.3) is 43.4 Å². The van der Waals surface area contributed by atoms with Crippen LogP contribution in [0.3, 0.4) is 0 Å². The molecular formula is C39H31N3. The predicted molar refractivity (Wildman–Crippen MR) is 177 cm³/mol. The second kappa shape index (κ2) is 11.0. The van der Waals surface area contributed by atoms with Crippen molar-refractivity contribution in [2.24, 2.45) is 5.73 Å². The van der Waals surface area contributed by atoms with Gasteiger partial charge in [0, 0.05) is 12.1 Å². The maximum atomic E-state index is 9.25. The van der Waals surface area contributed by atoms with Gasteiger partial charge < -0.3 is 10.6 Å². The molecule has 0 heterocycles. The summed E-state index contributed by atoms with van der Waals surface area (Å²) in [5.74, 6) is 0.405. The van der Waals surface area contributed by atoms with E-state index in [1.165, 1.54) is 32.7 Å². The van der Waals surface area contributed by atoms with Crippen molar-refractivity contribution in [3.63, 3.8) is 0 Å². The number of nitrogens with one attached hydrogen (secondary N) is 1. The van der Waals surface area contributed by atoms with Crippen LogP contribution in [-0.2, 0) is 6.54 Å². The van der Waals surface area contributed by atoms with Gasteiger partial charge in [0.05, 0.1) is 0 Å². The van der Waals surface area contributed by atoms with Crippen molar-refractivity contribution in [3.8, 4) is 11.1 Å². The van der Waals surface area contributed by atoms with Crippen LogP contribution < -0.4 is 5.73 Å². The van der Waals surface area contributed by atoms with Crippen LogP contribution in [0.4, 0.5) is 0 Å². The van der Waals surface area contributed by atoms with Gasteiger partial charge in [-0.1, -0.05) is 121 Å². The largest absolute Gasteiger partial charge is 0.333 e. The van der Waals surface area contributed by atoms with E-state index < -0.39 is 6.17 Å². The monoisotopic (exact) mass is 541 g/mol. The Morgan fingerprint density at radius 2 is 1.02 bits per heavy atom. The quantitative estimate of drug-likeness (QED) is 0.0954. The van der Waals surface area contributed by atoms with Crippen molar-refractivity contribution >= 4 is 38.2 Å². The Labute approximate surface area is 246 Å². The van der Waals surface area contributed by atoms with E-state index in [2.05, 4.69) is 97.1 Å². The first-order valence-corrected chi connectivity index (χ1v) is 14.3. The number of nitrogens with two attached hydrogens (primary N) is 1.